The van der Waals surface area contributed by atoms with Crippen LogP contribution in [0.15, 0.2) is 30.3 Å². The van der Waals surface area contributed by atoms with Crippen molar-refractivity contribution < 1.29 is 9.90 Å². The predicted molar refractivity (Wildman–Crippen MR) is 83.1 cm³/mol. The molecule has 4 nitrogen and oxygen atoms in total. The maximum atomic E-state index is 10.9. The van der Waals surface area contributed by atoms with E-state index in [0.717, 1.165) is 48.2 Å². The van der Waals surface area contributed by atoms with Crippen molar-refractivity contribution in [2.24, 2.45) is 0 Å². The summed E-state index contributed by atoms with van der Waals surface area (Å²) in [6, 6.07) is 7.93. The van der Waals surface area contributed by atoms with Crippen LogP contribution in [0, 0.1) is 0 Å². The number of likely N-dealkylation sites (N-methyl/N-ethyl adjacent to an activating group) is 1. The van der Waals surface area contributed by atoms with Crippen molar-refractivity contribution in [1.82, 2.24) is 9.88 Å². The van der Waals surface area contributed by atoms with E-state index in [0.29, 0.717) is 0 Å². The van der Waals surface area contributed by atoms with Crippen molar-refractivity contribution in [2.45, 2.75) is 19.9 Å². The summed E-state index contributed by atoms with van der Waals surface area (Å²) >= 11 is 0. The molecule has 0 aliphatic carbocycles. The molecule has 0 spiro atoms. The first-order valence-corrected chi connectivity index (χ1v) is 7.23. The van der Waals surface area contributed by atoms with Gasteiger partial charge in [0.25, 0.3) is 0 Å². The Kier molecular flexibility index (Phi) is 3.71. The van der Waals surface area contributed by atoms with Crippen LogP contribution in [-0.2, 0) is 17.8 Å². The molecule has 1 aromatic heterocycles. The van der Waals surface area contributed by atoms with E-state index in [2.05, 4.69) is 11.8 Å². The average Bonchev–Trinajstić information content (AvgIpc) is 2.50. The minimum atomic E-state index is -0.923. The van der Waals surface area contributed by atoms with Crippen molar-refractivity contribution in [1.29, 1.82) is 0 Å². The van der Waals surface area contributed by atoms with Gasteiger partial charge >= 0.3 is 5.97 Å². The van der Waals surface area contributed by atoms with Gasteiger partial charge in [-0.15, -0.1) is 0 Å². The number of carboxylic acids is 1. The summed E-state index contributed by atoms with van der Waals surface area (Å²) in [7, 11) is 0. The molecule has 0 saturated heterocycles. The summed E-state index contributed by atoms with van der Waals surface area (Å²) in [5.41, 5.74) is 4.20. The van der Waals surface area contributed by atoms with Gasteiger partial charge in [-0.3, -0.25) is 9.88 Å². The molecule has 0 saturated carbocycles. The quantitative estimate of drug-likeness (QED) is 0.879. The third kappa shape index (κ3) is 2.67. The van der Waals surface area contributed by atoms with Crippen molar-refractivity contribution >= 4 is 22.9 Å². The van der Waals surface area contributed by atoms with Gasteiger partial charge in [0.2, 0.25) is 0 Å². The number of aromatic nitrogens is 1. The highest BCUT2D eigenvalue weighted by Crippen LogP contribution is 2.29. The van der Waals surface area contributed by atoms with Gasteiger partial charge in [0.1, 0.15) is 0 Å². The van der Waals surface area contributed by atoms with Gasteiger partial charge in [-0.2, -0.15) is 0 Å². The number of para-hydroxylation sites is 1. The van der Waals surface area contributed by atoms with E-state index in [1.54, 1.807) is 6.08 Å². The third-order valence-electron chi connectivity index (χ3n) is 4.01. The van der Waals surface area contributed by atoms with E-state index in [1.807, 2.05) is 24.3 Å². The molecule has 3 rings (SSSR count). The van der Waals surface area contributed by atoms with Gasteiger partial charge in [-0.1, -0.05) is 25.1 Å². The lowest BCUT2D eigenvalue weighted by Crippen LogP contribution is -2.31. The number of pyridine rings is 1. The van der Waals surface area contributed by atoms with Crippen LogP contribution < -0.4 is 0 Å². The van der Waals surface area contributed by atoms with Crippen LogP contribution in [0.1, 0.15) is 23.7 Å². The number of carbonyl (C=O) groups is 1. The molecule has 1 aromatic carbocycles. The normalized spacial score (nSPS) is 15.5. The molecule has 0 bridgehead atoms. The summed E-state index contributed by atoms with van der Waals surface area (Å²) in [6.45, 7) is 4.99. The van der Waals surface area contributed by atoms with Crippen molar-refractivity contribution in [2.75, 3.05) is 13.1 Å². The fourth-order valence-electron chi connectivity index (χ4n) is 2.89. The Bertz CT molecular complexity index is 722. The largest absolute Gasteiger partial charge is 0.478 e. The molecule has 0 fully saturated rings. The van der Waals surface area contributed by atoms with E-state index in [9.17, 15) is 4.79 Å². The monoisotopic (exact) mass is 282 g/mol. The Morgan fingerprint density at radius 3 is 3.00 bits per heavy atom. The average molecular weight is 282 g/mol. The Morgan fingerprint density at radius 1 is 1.43 bits per heavy atom. The molecule has 0 atom stereocenters. The molecule has 1 aliphatic heterocycles. The highest BCUT2D eigenvalue weighted by atomic mass is 16.4. The maximum absolute atomic E-state index is 10.9. The van der Waals surface area contributed by atoms with Crippen LogP contribution in [0.4, 0.5) is 0 Å². The van der Waals surface area contributed by atoms with Gasteiger partial charge in [0, 0.05) is 36.7 Å². The van der Waals surface area contributed by atoms with Gasteiger partial charge in [0.15, 0.2) is 0 Å². The lowest BCUT2D eigenvalue weighted by Gasteiger charge is -2.28. The standard InChI is InChI=1S/C17H18N2O2/c1-2-19-10-9-16-14(11-19)12(7-8-17(20)21)13-5-3-4-6-15(13)18-16/h3-8H,2,9-11H2,1H3,(H,20,21)/b8-7+. The van der Waals surface area contributed by atoms with Crippen LogP contribution in [0.5, 0.6) is 0 Å². The minimum absolute atomic E-state index is 0.836. The van der Waals surface area contributed by atoms with Crippen LogP contribution in [0.2, 0.25) is 0 Å². The molecular weight excluding hydrogens is 264 g/mol. The second kappa shape index (κ2) is 5.66. The SMILES string of the molecule is CCN1CCc2nc3ccccc3c(/C=C/C(=O)O)c2C1. The van der Waals surface area contributed by atoms with Crippen LogP contribution in [0.25, 0.3) is 17.0 Å². The van der Waals surface area contributed by atoms with Crippen molar-refractivity contribution in [3.8, 4) is 0 Å². The van der Waals surface area contributed by atoms with E-state index < -0.39 is 5.97 Å². The highest BCUT2D eigenvalue weighted by molar-refractivity contribution is 5.94. The highest BCUT2D eigenvalue weighted by Gasteiger charge is 2.20. The molecule has 4 heteroatoms. The molecule has 0 amide bonds. The first kappa shape index (κ1) is 13.8. The Hall–Kier alpha value is -2.20. The molecule has 1 N–H and O–H groups in total. The van der Waals surface area contributed by atoms with E-state index >= 15 is 0 Å². The fraction of sp³-hybridized carbons (Fsp3) is 0.294. The van der Waals surface area contributed by atoms with Crippen LogP contribution in [0.3, 0.4) is 0 Å². The Labute approximate surface area is 123 Å². The Balaban J connectivity index is 2.21. The first-order chi connectivity index (χ1) is 10.2. The van der Waals surface area contributed by atoms with Crippen LogP contribution in [-0.4, -0.2) is 34.0 Å². The van der Waals surface area contributed by atoms with Gasteiger partial charge in [-0.05, 0) is 29.8 Å². The van der Waals surface area contributed by atoms with E-state index in [4.69, 9.17) is 10.1 Å². The number of carboxylic acid groups (broad SMARTS) is 1. The smallest absolute Gasteiger partial charge is 0.328 e. The lowest BCUT2D eigenvalue weighted by atomic mass is 9.95. The number of hydrogen-bond donors (Lipinski definition) is 1. The molecule has 2 aromatic rings. The van der Waals surface area contributed by atoms with E-state index in [-0.39, 0.29) is 0 Å². The van der Waals surface area contributed by atoms with Gasteiger partial charge in [0.05, 0.1) is 5.52 Å². The van der Waals surface area contributed by atoms with Crippen molar-refractivity contribution in [3.63, 3.8) is 0 Å². The Morgan fingerprint density at radius 2 is 2.24 bits per heavy atom. The second-order valence-corrected chi connectivity index (χ2v) is 5.26. The summed E-state index contributed by atoms with van der Waals surface area (Å²) < 4.78 is 0. The summed E-state index contributed by atoms with van der Waals surface area (Å²) in [5.74, 6) is -0.923. The lowest BCUT2D eigenvalue weighted by molar-refractivity contribution is -0.131. The zero-order valence-corrected chi connectivity index (χ0v) is 12.0. The fourth-order valence-corrected chi connectivity index (χ4v) is 2.89. The number of rotatable bonds is 3. The topological polar surface area (TPSA) is 53.4 Å². The van der Waals surface area contributed by atoms with Gasteiger partial charge in [-0.25, -0.2) is 4.79 Å². The third-order valence-corrected chi connectivity index (χ3v) is 4.01. The zero-order chi connectivity index (χ0) is 14.8. The number of hydrogen-bond acceptors (Lipinski definition) is 3. The van der Waals surface area contributed by atoms with Crippen molar-refractivity contribution in [3.05, 3.63) is 47.2 Å². The molecule has 0 unspecified atom stereocenters. The number of aliphatic carboxylic acids is 1. The number of nitrogens with zero attached hydrogens (tertiary/aromatic N) is 2. The molecule has 21 heavy (non-hydrogen) atoms. The predicted octanol–water partition coefficient (Wildman–Crippen LogP) is 2.71. The number of benzene rings is 1. The molecule has 2 heterocycles. The van der Waals surface area contributed by atoms with Crippen LogP contribution >= 0.6 is 0 Å². The second-order valence-electron chi connectivity index (χ2n) is 5.26. The zero-order valence-electron chi connectivity index (χ0n) is 12.0. The number of fused-ring (bicyclic) bond motifs is 2. The molecule has 0 radical (unpaired) electrons. The molecular formula is C17H18N2O2. The minimum Gasteiger partial charge on any atom is -0.478 e. The first-order valence-electron chi connectivity index (χ1n) is 7.23. The summed E-state index contributed by atoms with van der Waals surface area (Å²) in [6.07, 6.45) is 3.85. The maximum Gasteiger partial charge on any atom is 0.328 e. The van der Waals surface area contributed by atoms with E-state index in [1.165, 1.54) is 11.6 Å². The van der Waals surface area contributed by atoms with Gasteiger partial charge < -0.3 is 5.11 Å². The molecule has 1 aliphatic rings. The molecule has 108 valence electrons. The summed E-state index contributed by atoms with van der Waals surface area (Å²) in [5, 5.41) is 9.96. The summed E-state index contributed by atoms with van der Waals surface area (Å²) in [4.78, 5) is 18.0.